The van der Waals surface area contributed by atoms with Crippen LogP contribution in [0.15, 0.2) is 5.11 Å². The molecule has 0 unspecified atom stereocenters. The van der Waals surface area contributed by atoms with Crippen molar-refractivity contribution in [2.75, 3.05) is 19.3 Å². The third-order valence-corrected chi connectivity index (χ3v) is 3.41. The quantitative estimate of drug-likeness (QED) is 0.377. The van der Waals surface area contributed by atoms with Crippen molar-refractivity contribution in [1.82, 2.24) is 4.31 Å². The molecule has 1 heterocycles. The second kappa shape index (κ2) is 3.95. The molecular weight excluding hydrogens is 192 g/mol. The summed E-state index contributed by atoms with van der Waals surface area (Å²) in [6.45, 7) is 0.922. The topological polar surface area (TPSA) is 86.1 Å². The second-order valence-corrected chi connectivity index (χ2v) is 5.08. The molecule has 0 aromatic carbocycles. The number of azide groups is 1. The molecular formula is C6H12N4O2S. The van der Waals surface area contributed by atoms with E-state index in [2.05, 4.69) is 10.0 Å². The van der Waals surface area contributed by atoms with Crippen molar-refractivity contribution in [3.63, 3.8) is 0 Å². The van der Waals surface area contributed by atoms with Crippen molar-refractivity contribution in [2.24, 2.45) is 5.11 Å². The standard InChI is InChI=1S/C6H12N4O2S/c1-13(11,12)10-4-2-6(3-5-10)8-9-7/h6H,2-5H2,1H3. The molecule has 0 radical (unpaired) electrons. The van der Waals surface area contributed by atoms with Gasteiger partial charge in [-0.1, -0.05) is 5.11 Å². The minimum Gasteiger partial charge on any atom is -0.213 e. The molecule has 1 saturated heterocycles. The van der Waals surface area contributed by atoms with Crippen LogP contribution in [0.5, 0.6) is 0 Å². The van der Waals surface area contributed by atoms with Gasteiger partial charge in [-0.2, -0.15) is 0 Å². The Morgan fingerprint density at radius 1 is 1.46 bits per heavy atom. The number of piperidine rings is 1. The number of hydrogen-bond acceptors (Lipinski definition) is 3. The van der Waals surface area contributed by atoms with Crippen molar-refractivity contribution in [1.29, 1.82) is 0 Å². The molecule has 0 aromatic rings. The maximum Gasteiger partial charge on any atom is 0.211 e. The van der Waals surface area contributed by atoms with E-state index in [9.17, 15) is 8.42 Å². The first-order chi connectivity index (χ1) is 6.04. The van der Waals surface area contributed by atoms with Gasteiger partial charge in [0.1, 0.15) is 0 Å². The summed E-state index contributed by atoms with van der Waals surface area (Å²) < 4.78 is 23.6. The van der Waals surface area contributed by atoms with Gasteiger partial charge in [0, 0.05) is 24.0 Å². The van der Waals surface area contributed by atoms with E-state index in [0.29, 0.717) is 25.9 Å². The van der Waals surface area contributed by atoms with Crippen LogP contribution in [0.25, 0.3) is 10.4 Å². The molecule has 0 bridgehead atoms. The highest BCUT2D eigenvalue weighted by Gasteiger charge is 2.23. The Morgan fingerprint density at radius 3 is 2.38 bits per heavy atom. The highest BCUT2D eigenvalue weighted by molar-refractivity contribution is 7.88. The van der Waals surface area contributed by atoms with Crippen LogP contribution in [-0.2, 0) is 10.0 Å². The Labute approximate surface area is 77.2 Å². The number of hydrogen-bond donors (Lipinski definition) is 0. The van der Waals surface area contributed by atoms with E-state index in [1.165, 1.54) is 10.6 Å². The lowest BCUT2D eigenvalue weighted by molar-refractivity contribution is 0.321. The second-order valence-electron chi connectivity index (χ2n) is 3.10. The summed E-state index contributed by atoms with van der Waals surface area (Å²) >= 11 is 0. The van der Waals surface area contributed by atoms with Gasteiger partial charge in [0.15, 0.2) is 0 Å². The maximum absolute atomic E-state index is 11.1. The average molecular weight is 204 g/mol. The normalized spacial score (nSPS) is 21.0. The van der Waals surface area contributed by atoms with Crippen molar-refractivity contribution in [2.45, 2.75) is 18.9 Å². The van der Waals surface area contributed by atoms with Gasteiger partial charge in [-0.05, 0) is 18.4 Å². The Morgan fingerprint density at radius 2 is 2.00 bits per heavy atom. The molecule has 0 spiro atoms. The van der Waals surface area contributed by atoms with Crippen LogP contribution >= 0.6 is 0 Å². The minimum atomic E-state index is -3.07. The first-order valence-corrected chi connectivity index (χ1v) is 5.88. The van der Waals surface area contributed by atoms with Crippen LogP contribution in [0.1, 0.15) is 12.8 Å². The van der Waals surface area contributed by atoms with Crippen LogP contribution in [0.4, 0.5) is 0 Å². The van der Waals surface area contributed by atoms with Gasteiger partial charge < -0.3 is 0 Å². The Kier molecular flexibility index (Phi) is 3.13. The molecule has 74 valence electrons. The first-order valence-electron chi connectivity index (χ1n) is 4.03. The van der Waals surface area contributed by atoms with Crippen LogP contribution in [0.3, 0.4) is 0 Å². The molecule has 0 aliphatic carbocycles. The molecule has 0 atom stereocenters. The van der Waals surface area contributed by atoms with Gasteiger partial charge in [0.25, 0.3) is 0 Å². The lowest BCUT2D eigenvalue weighted by Gasteiger charge is -2.27. The molecule has 7 heteroatoms. The highest BCUT2D eigenvalue weighted by atomic mass is 32.2. The fraction of sp³-hybridized carbons (Fsp3) is 1.00. The Bertz CT molecular complexity index is 312. The number of sulfonamides is 1. The van der Waals surface area contributed by atoms with E-state index in [-0.39, 0.29) is 6.04 Å². The monoisotopic (exact) mass is 204 g/mol. The molecule has 0 N–H and O–H groups in total. The molecule has 0 saturated carbocycles. The fourth-order valence-corrected chi connectivity index (χ4v) is 2.24. The lowest BCUT2D eigenvalue weighted by Crippen LogP contribution is -2.38. The lowest BCUT2D eigenvalue weighted by atomic mass is 10.1. The third kappa shape index (κ3) is 2.87. The van der Waals surface area contributed by atoms with Crippen molar-refractivity contribution in [3.05, 3.63) is 10.4 Å². The van der Waals surface area contributed by atoms with Gasteiger partial charge in [-0.3, -0.25) is 0 Å². The summed E-state index contributed by atoms with van der Waals surface area (Å²) in [5.74, 6) is 0. The number of rotatable bonds is 2. The minimum absolute atomic E-state index is 0.0389. The van der Waals surface area contributed by atoms with Gasteiger partial charge >= 0.3 is 0 Å². The Balaban J connectivity index is 2.53. The van der Waals surface area contributed by atoms with Crippen LogP contribution in [0, 0.1) is 0 Å². The largest absolute Gasteiger partial charge is 0.213 e. The molecule has 6 nitrogen and oxygen atoms in total. The SMILES string of the molecule is CS(=O)(=O)N1CCC(N=[N+]=[N-])CC1. The van der Waals surface area contributed by atoms with Crippen LogP contribution in [0.2, 0.25) is 0 Å². The Hall–Kier alpha value is -0.780. The summed E-state index contributed by atoms with van der Waals surface area (Å²) in [6.07, 6.45) is 2.44. The molecule has 1 aliphatic heterocycles. The summed E-state index contributed by atoms with van der Waals surface area (Å²) in [6, 6.07) is -0.0389. The zero-order valence-corrected chi connectivity index (χ0v) is 8.24. The van der Waals surface area contributed by atoms with E-state index in [1.54, 1.807) is 0 Å². The summed E-state index contributed by atoms with van der Waals surface area (Å²) in [5.41, 5.74) is 8.17. The maximum atomic E-state index is 11.1. The molecule has 1 fully saturated rings. The van der Waals surface area contributed by atoms with E-state index < -0.39 is 10.0 Å². The summed E-state index contributed by atoms with van der Waals surface area (Å²) in [7, 11) is -3.07. The smallest absolute Gasteiger partial charge is 0.211 e. The zero-order chi connectivity index (χ0) is 9.90. The fourth-order valence-electron chi connectivity index (χ4n) is 1.36. The summed E-state index contributed by atoms with van der Waals surface area (Å²) in [5, 5.41) is 3.56. The van der Waals surface area contributed by atoms with Crippen molar-refractivity contribution in [3.8, 4) is 0 Å². The predicted molar refractivity (Wildman–Crippen MR) is 48.6 cm³/mol. The average Bonchev–Trinajstić information content (AvgIpc) is 2.04. The zero-order valence-electron chi connectivity index (χ0n) is 7.42. The van der Waals surface area contributed by atoms with Crippen LogP contribution in [-0.4, -0.2) is 38.1 Å². The van der Waals surface area contributed by atoms with Gasteiger partial charge in [-0.25, -0.2) is 12.7 Å². The van der Waals surface area contributed by atoms with Crippen molar-refractivity contribution >= 4 is 10.0 Å². The van der Waals surface area contributed by atoms with Gasteiger partial charge in [-0.15, -0.1) is 0 Å². The number of nitrogens with zero attached hydrogens (tertiary/aromatic N) is 4. The van der Waals surface area contributed by atoms with E-state index in [0.717, 1.165) is 0 Å². The van der Waals surface area contributed by atoms with E-state index in [4.69, 9.17) is 5.53 Å². The van der Waals surface area contributed by atoms with Crippen molar-refractivity contribution < 1.29 is 8.42 Å². The molecule has 1 aliphatic rings. The molecule has 13 heavy (non-hydrogen) atoms. The molecule has 0 aromatic heterocycles. The first kappa shape index (κ1) is 10.3. The van der Waals surface area contributed by atoms with E-state index >= 15 is 0 Å². The molecule has 0 amide bonds. The highest BCUT2D eigenvalue weighted by Crippen LogP contribution is 2.15. The molecule has 1 rings (SSSR count). The van der Waals surface area contributed by atoms with Crippen LogP contribution < -0.4 is 0 Å². The van der Waals surface area contributed by atoms with Gasteiger partial charge in [0.05, 0.1) is 6.26 Å². The summed E-state index contributed by atoms with van der Waals surface area (Å²) in [4.78, 5) is 2.70. The third-order valence-electron chi connectivity index (χ3n) is 2.11. The van der Waals surface area contributed by atoms with E-state index in [1.807, 2.05) is 0 Å². The van der Waals surface area contributed by atoms with Gasteiger partial charge in [0.2, 0.25) is 10.0 Å². The predicted octanol–water partition coefficient (Wildman–Crippen LogP) is 0.721.